The molecule has 0 aliphatic rings. The third-order valence-corrected chi connectivity index (χ3v) is 6.15. The molecule has 0 fully saturated rings. The molecule has 0 N–H and O–H groups in total. The fourth-order valence-corrected chi connectivity index (χ4v) is 4.74. The summed E-state index contributed by atoms with van der Waals surface area (Å²) in [5.74, 6) is 0. The van der Waals surface area contributed by atoms with E-state index < -0.39 is 41.2 Å². The van der Waals surface area contributed by atoms with Crippen LogP contribution >= 0.6 is 7.60 Å². The van der Waals surface area contributed by atoms with E-state index in [0.717, 1.165) is 6.92 Å². The van der Waals surface area contributed by atoms with E-state index in [0.29, 0.717) is 0 Å². The molecule has 146 valence electrons. The molecule has 0 spiro atoms. The van der Waals surface area contributed by atoms with Crippen LogP contribution in [0.25, 0.3) is 0 Å². The summed E-state index contributed by atoms with van der Waals surface area (Å²) in [5.41, 5.74) is 0.0711. The van der Waals surface area contributed by atoms with E-state index >= 15 is 0 Å². The molecule has 26 heavy (non-hydrogen) atoms. The fraction of sp³-hybridized carbons (Fsp3) is 0.600. The molecule has 10 nitrogen and oxygen atoms in total. The molecular formula is C15H23N2O8P. The van der Waals surface area contributed by atoms with E-state index in [2.05, 4.69) is 4.84 Å². The lowest BCUT2D eigenvalue weighted by Crippen LogP contribution is -2.43. The Hall–Kier alpha value is -2.03. The van der Waals surface area contributed by atoms with Crippen LogP contribution in [0.1, 0.15) is 46.2 Å². The second-order valence-electron chi connectivity index (χ2n) is 6.27. The minimum atomic E-state index is -4.49. The molecule has 0 heterocycles. The van der Waals surface area contributed by atoms with Crippen LogP contribution < -0.4 is 0 Å². The molecule has 1 aromatic carbocycles. The molecule has 2 unspecified atom stereocenters. The van der Waals surface area contributed by atoms with Crippen molar-refractivity contribution >= 4 is 7.60 Å². The van der Waals surface area contributed by atoms with E-state index in [4.69, 9.17) is 9.05 Å². The Morgan fingerprint density at radius 3 is 1.81 bits per heavy atom. The zero-order valence-corrected chi connectivity index (χ0v) is 16.1. The Morgan fingerprint density at radius 1 is 1.00 bits per heavy atom. The topological polar surface area (TPSA) is 131 Å². The maximum absolute atomic E-state index is 13.5. The SMILES string of the molecule is CC(C)OP(=O)(OC(C)C)C(C)(O[N+](=O)[O-])C(c1ccccc1)[N+](=O)[O-]. The van der Waals surface area contributed by atoms with Crippen molar-refractivity contribution in [3.8, 4) is 0 Å². The van der Waals surface area contributed by atoms with Crippen molar-refractivity contribution in [2.24, 2.45) is 0 Å². The van der Waals surface area contributed by atoms with E-state index in [1.165, 1.54) is 52.0 Å². The molecule has 0 aliphatic heterocycles. The van der Waals surface area contributed by atoms with Crippen LogP contribution in [0.15, 0.2) is 30.3 Å². The molecule has 1 rings (SSSR count). The number of hydrogen-bond acceptors (Lipinski definition) is 8. The van der Waals surface area contributed by atoms with Crippen molar-refractivity contribution in [1.29, 1.82) is 0 Å². The first kappa shape index (κ1) is 22.0. The number of rotatable bonds is 10. The van der Waals surface area contributed by atoms with Gasteiger partial charge in [0.2, 0.25) is 0 Å². The predicted octanol–water partition coefficient (Wildman–Crippen LogP) is 3.97. The smallest absolute Gasteiger partial charge is 0.304 e. The normalized spacial score (nSPS) is 15.5. The first-order valence-corrected chi connectivity index (χ1v) is 9.46. The third kappa shape index (κ3) is 5.00. The summed E-state index contributed by atoms with van der Waals surface area (Å²) in [6.45, 7) is 7.14. The Labute approximate surface area is 151 Å². The van der Waals surface area contributed by atoms with Crippen molar-refractivity contribution in [1.82, 2.24) is 0 Å². The van der Waals surface area contributed by atoms with Gasteiger partial charge in [-0.15, -0.1) is 10.1 Å². The monoisotopic (exact) mass is 390 g/mol. The van der Waals surface area contributed by atoms with E-state index in [1.807, 2.05) is 0 Å². The zero-order chi connectivity index (χ0) is 20.1. The highest BCUT2D eigenvalue weighted by atomic mass is 31.2. The second-order valence-corrected chi connectivity index (χ2v) is 8.58. The molecule has 1 aromatic rings. The number of benzene rings is 1. The molecular weight excluding hydrogens is 367 g/mol. The highest BCUT2D eigenvalue weighted by molar-refractivity contribution is 7.55. The summed E-state index contributed by atoms with van der Waals surface area (Å²) in [6, 6.07) is 5.60. The Balaban J connectivity index is 3.66. The van der Waals surface area contributed by atoms with Crippen molar-refractivity contribution in [3.05, 3.63) is 56.1 Å². The lowest BCUT2D eigenvalue weighted by Gasteiger charge is -2.37. The predicted molar refractivity (Wildman–Crippen MR) is 92.7 cm³/mol. The maximum Gasteiger partial charge on any atom is 0.370 e. The van der Waals surface area contributed by atoms with Gasteiger partial charge in [-0.1, -0.05) is 30.3 Å². The molecule has 0 amide bonds. The summed E-state index contributed by atoms with van der Waals surface area (Å²) in [7, 11) is -4.49. The molecule has 0 aromatic heterocycles. The summed E-state index contributed by atoms with van der Waals surface area (Å²) >= 11 is 0. The van der Waals surface area contributed by atoms with Gasteiger partial charge in [0, 0.05) is 10.5 Å². The largest absolute Gasteiger partial charge is 0.370 e. The molecule has 0 saturated heterocycles. The van der Waals surface area contributed by atoms with Crippen molar-refractivity contribution < 1.29 is 28.5 Å². The van der Waals surface area contributed by atoms with Crippen LogP contribution in [0.3, 0.4) is 0 Å². The van der Waals surface area contributed by atoms with Gasteiger partial charge < -0.3 is 9.05 Å². The molecule has 0 aliphatic carbocycles. The van der Waals surface area contributed by atoms with Gasteiger partial charge in [0.15, 0.2) is 0 Å². The van der Waals surface area contributed by atoms with Gasteiger partial charge >= 0.3 is 7.60 Å². The Morgan fingerprint density at radius 2 is 1.46 bits per heavy atom. The van der Waals surface area contributed by atoms with E-state index in [1.54, 1.807) is 6.07 Å². The van der Waals surface area contributed by atoms with Crippen LogP contribution in [-0.2, 0) is 18.5 Å². The van der Waals surface area contributed by atoms with Gasteiger partial charge in [-0.25, -0.2) is 0 Å². The van der Waals surface area contributed by atoms with Gasteiger partial charge in [0.25, 0.3) is 16.5 Å². The van der Waals surface area contributed by atoms with Crippen molar-refractivity contribution in [3.63, 3.8) is 0 Å². The van der Waals surface area contributed by atoms with Gasteiger partial charge in [-0.3, -0.25) is 19.5 Å². The quantitative estimate of drug-likeness (QED) is 0.333. The average Bonchev–Trinajstić information content (AvgIpc) is 2.45. The van der Waals surface area contributed by atoms with Crippen molar-refractivity contribution in [2.45, 2.75) is 58.2 Å². The molecule has 2 atom stereocenters. The van der Waals surface area contributed by atoms with Gasteiger partial charge in [0.1, 0.15) is 0 Å². The summed E-state index contributed by atoms with van der Waals surface area (Å²) in [6.07, 6.45) is -1.37. The van der Waals surface area contributed by atoms with Gasteiger partial charge in [-0.2, -0.15) is 0 Å². The lowest BCUT2D eigenvalue weighted by atomic mass is 10.0. The summed E-state index contributed by atoms with van der Waals surface area (Å²) < 4.78 is 24.3. The minimum Gasteiger partial charge on any atom is -0.304 e. The van der Waals surface area contributed by atoms with Gasteiger partial charge in [-0.05, 0) is 34.6 Å². The molecule has 11 heteroatoms. The number of hydrogen-bond donors (Lipinski definition) is 0. The fourth-order valence-electron chi connectivity index (χ4n) is 2.45. The maximum atomic E-state index is 13.5. The van der Waals surface area contributed by atoms with E-state index in [9.17, 15) is 24.8 Å². The average molecular weight is 390 g/mol. The minimum absolute atomic E-state index is 0.0711. The number of nitro groups is 1. The first-order chi connectivity index (χ1) is 11.9. The second kappa shape index (κ2) is 8.57. The molecule has 0 saturated carbocycles. The highest BCUT2D eigenvalue weighted by Gasteiger charge is 2.63. The van der Waals surface area contributed by atoms with Gasteiger partial charge in [0.05, 0.1) is 12.2 Å². The third-order valence-electron chi connectivity index (χ3n) is 3.34. The Kier molecular flexibility index (Phi) is 7.25. The van der Waals surface area contributed by atoms with Crippen LogP contribution in [0, 0.1) is 20.2 Å². The molecule has 0 bridgehead atoms. The number of nitrogens with zero attached hydrogens (tertiary/aromatic N) is 2. The van der Waals surface area contributed by atoms with Crippen LogP contribution in [0.5, 0.6) is 0 Å². The van der Waals surface area contributed by atoms with E-state index in [-0.39, 0.29) is 5.56 Å². The summed E-state index contributed by atoms with van der Waals surface area (Å²) in [5, 5.41) is 19.2. The summed E-state index contributed by atoms with van der Waals surface area (Å²) in [4.78, 5) is 26.8. The lowest BCUT2D eigenvalue weighted by molar-refractivity contribution is -0.785. The van der Waals surface area contributed by atoms with Crippen LogP contribution in [0.4, 0.5) is 0 Å². The Bertz CT molecular complexity index is 667. The first-order valence-electron chi connectivity index (χ1n) is 7.92. The van der Waals surface area contributed by atoms with Crippen LogP contribution in [0.2, 0.25) is 0 Å². The standard InChI is InChI=1S/C15H23N2O8P/c1-11(2)23-26(22,24-12(3)4)15(5,25-17(20)21)14(16(18)19)13-9-7-6-8-10-13/h6-12,14H,1-5H3. The zero-order valence-electron chi connectivity index (χ0n) is 15.2. The van der Waals surface area contributed by atoms with Crippen molar-refractivity contribution in [2.75, 3.05) is 0 Å². The highest BCUT2D eigenvalue weighted by Crippen LogP contribution is 2.66. The van der Waals surface area contributed by atoms with Crippen LogP contribution in [-0.4, -0.2) is 27.6 Å². The molecule has 0 radical (unpaired) electrons.